The van der Waals surface area contributed by atoms with Crippen molar-refractivity contribution >= 4 is 5.97 Å². The molecule has 128 valence electrons. The summed E-state index contributed by atoms with van der Waals surface area (Å²) in [5.74, 6) is 0.606. The zero-order chi connectivity index (χ0) is 16.7. The van der Waals surface area contributed by atoms with Gasteiger partial charge in [0.1, 0.15) is 18.5 Å². The third-order valence-corrected chi connectivity index (χ3v) is 5.31. The molecule has 1 aromatic rings. The quantitative estimate of drug-likeness (QED) is 0.789. The van der Waals surface area contributed by atoms with Gasteiger partial charge in [0.05, 0.1) is 11.3 Å². The van der Waals surface area contributed by atoms with Crippen molar-refractivity contribution in [2.24, 2.45) is 5.41 Å². The molecule has 0 radical (unpaired) electrons. The van der Waals surface area contributed by atoms with Crippen molar-refractivity contribution in [2.45, 2.75) is 52.2 Å². The number of carbonyl (C=O) groups excluding carboxylic acids is 1. The number of carbonyl (C=O) groups is 1. The number of benzene rings is 1. The lowest BCUT2D eigenvalue weighted by Crippen LogP contribution is -2.42. The van der Waals surface area contributed by atoms with E-state index in [-0.39, 0.29) is 12.1 Å². The first kappa shape index (κ1) is 15.6. The molecular formula is C20H25NO3. The van der Waals surface area contributed by atoms with Gasteiger partial charge in [-0.25, -0.2) is 4.79 Å². The molecule has 0 amide bonds. The van der Waals surface area contributed by atoms with Gasteiger partial charge < -0.3 is 14.4 Å². The first-order chi connectivity index (χ1) is 11.5. The lowest BCUT2D eigenvalue weighted by atomic mass is 9.84. The number of ether oxygens (including phenoxy) is 2. The number of likely N-dealkylation sites (tertiary alicyclic amines) is 1. The number of fused-ring (bicyclic) bond motifs is 1. The molecule has 4 heteroatoms. The van der Waals surface area contributed by atoms with Gasteiger partial charge in [0.2, 0.25) is 0 Å². The highest BCUT2D eigenvalue weighted by molar-refractivity contribution is 5.93. The zero-order valence-corrected chi connectivity index (χ0v) is 14.5. The lowest BCUT2D eigenvalue weighted by Gasteiger charge is -2.41. The van der Waals surface area contributed by atoms with Crippen LogP contribution < -0.4 is 4.74 Å². The molecule has 0 bridgehead atoms. The number of rotatable bonds is 3. The minimum atomic E-state index is -0.228. The second-order valence-electron chi connectivity index (χ2n) is 7.90. The van der Waals surface area contributed by atoms with Crippen molar-refractivity contribution in [3.05, 3.63) is 41.1 Å². The number of nitrogens with zero attached hydrogens (tertiary/aromatic N) is 1. The molecule has 0 N–H and O–H groups in total. The van der Waals surface area contributed by atoms with Crippen LogP contribution in [0, 0.1) is 5.41 Å². The largest absolute Gasteiger partial charge is 0.484 e. The van der Waals surface area contributed by atoms with E-state index < -0.39 is 0 Å². The van der Waals surface area contributed by atoms with E-state index >= 15 is 0 Å². The Morgan fingerprint density at radius 1 is 1.33 bits per heavy atom. The van der Waals surface area contributed by atoms with E-state index in [4.69, 9.17) is 9.47 Å². The van der Waals surface area contributed by atoms with Crippen molar-refractivity contribution in [1.29, 1.82) is 0 Å². The molecule has 1 saturated heterocycles. The molecular weight excluding hydrogens is 302 g/mol. The third kappa shape index (κ3) is 2.90. The molecule has 24 heavy (non-hydrogen) atoms. The van der Waals surface area contributed by atoms with Crippen LogP contribution in [-0.4, -0.2) is 30.1 Å². The minimum Gasteiger partial charge on any atom is -0.484 e. The Labute approximate surface area is 143 Å². The highest BCUT2D eigenvalue weighted by Crippen LogP contribution is 2.35. The summed E-state index contributed by atoms with van der Waals surface area (Å²) in [7, 11) is 0. The molecule has 0 spiro atoms. The normalized spacial score (nSPS) is 25.2. The fourth-order valence-corrected chi connectivity index (χ4v) is 4.10. The summed E-state index contributed by atoms with van der Waals surface area (Å²) in [6, 6.07) is 5.67. The van der Waals surface area contributed by atoms with Gasteiger partial charge in [0.15, 0.2) is 0 Å². The first-order valence-electron chi connectivity index (χ1n) is 8.94. The number of hydrogen-bond donors (Lipinski definition) is 0. The predicted molar refractivity (Wildman–Crippen MR) is 91.9 cm³/mol. The van der Waals surface area contributed by atoms with Crippen LogP contribution in [-0.2, 0) is 11.3 Å². The van der Waals surface area contributed by atoms with E-state index in [0.29, 0.717) is 17.6 Å². The molecule has 1 aromatic carbocycles. The fraction of sp³-hybridized carbons (Fsp3) is 0.550. The fourth-order valence-electron chi connectivity index (χ4n) is 4.10. The second kappa shape index (κ2) is 5.83. The van der Waals surface area contributed by atoms with E-state index in [1.54, 1.807) is 0 Å². The van der Waals surface area contributed by atoms with Gasteiger partial charge in [-0.15, -0.1) is 0 Å². The Balaban J connectivity index is 1.49. The zero-order valence-electron chi connectivity index (χ0n) is 14.5. The Bertz CT molecular complexity index is 692. The summed E-state index contributed by atoms with van der Waals surface area (Å²) in [5, 5.41) is 0. The highest BCUT2D eigenvalue weighted by Gasteiger charge is 2.33. The van der Waals surface area contributed by atoms with Crippen LogP contribution in [0.15, 0.2) is 30.0 Å². The van der Waals surface area contributed by atoms with E-state index in [1.807, 2.05) is 18.2 Å². The predicted octanol–water partition coefficient (Wildman–Crippen LogP) is 3.90. The molecule has 0 aromatic heterocycles. The number of cyclic esters (lactones) is 1. The van der Waals surface area contributed by atoms with E-state index in [0.717, 1.165) is 37.2 Å². The molecule has 3 aliphatic rings. The molecule has 4 nitrogen and oxygen atoms in total. The molecule has 0 saturated carbocycles. The van der Waals surface area contributed by atoms with Crippen LogP contribution in [0.5, 0.6) is 5.75 Å². The molecule has 1 unspecified atom stereocenters. The Kier molecular flexibility index (Phi) is 3.78. The maximum Gasteiger partial charge on any atom is 0.338 e. The number of piperidine rings is 1. The summed E-state index contributed by atoms with van der Waals surface area (Å²) in [6.07, 6.45) is 7.10. The molecule has 1 fully saturated rings. The summed E-state index contributed by atoms with van der Waals surface area (Å²) in [5.41, 5.74) is 3.32. The molecule has 1 atom stereocenters. The maximum absolute atomic E-state index is 11.6. The topological polar surface area (TPSA) is 38.8 Å². The highest BCUT2D eigenvalue weighted by atomic mass is 16.5. The molecule has 2 heterocycles. The smallest absolute Gasteiger partial charge is 0.338 e. The monoisotopic (exact) mass is 327 g/mol. The number of esters is 1. The number of allylic oxidation sites excluding steroid dienone is 1. The van der Waals surface area contributed by atoms with E-state index in [9.17, 15) is 4.79 Å². The van der Waals surface area contributed by atoms with E-state index in [2.05, 4.69) is 24.8 Å². The van der Waals surface area contributed by atoms with Gasteiger partial charge in [-0.3, -0.25) is 0 Å². The maximum atomic E-state index is 11.6. The van der Waals surface area contributed by atoms with Gasteiger partial charge >= 0.3 is 5.97 Å². The van der Waals surface area contributed by atoms with Gasteiger partial charge in [-0.1, -0.05) is 19.9 Å². The standard InChI is InChI=1S/C20H25NO3/c1-20(2)9-4-10-21(13-20)17-5-3-6-18(17)24-15-7-8-16-14(11-15)12-23-19(16)22/h5,7-8,11,18H,3-4,6,9-10,12-13H2,1-2H3. The van der Waals surface area contributed by atoms with Crippen molar-refractivity contribution < 1.29 is 14.3 Å². The molecule has 2 aliphatic heterocycles. The lowest BCUT2D eigenvalue weighted by molar-refractivity contribution is 0.0535. The number of hydrogen-bond acceptors (Lipinski definition) is 4. The van der Waals surface area contributed by atoms with Gasteiger partial charge in [-0.2, -0.15) is 0 Å². The average molecular weight is 327 g/mol. The summed E-state index contributed by atoms with van der Waals surface area (Å²) in [4.78, 5) is 14.1. The average Bonchev–Trinajstić information content (AvgIpc) is 3.14. The Hall–Kier alpha value is -1.97. The van der Waals surface area contributed by atoms with Crippen LogP contribution >= 0.6 is 0 Å². The van der Waals surface area contributed by atoms with Crippen LogP contribution in [0.2, 0.25) is 0 Å². The van der Waals surface area contributed by atoms with Crippen molar-refractivity contribution in [1.82, 2.24) is 4.90 Å². The van der Waals surface area contributed by atoms with E-state index in [1.165, 1.54) is 18.5 Å². The van der Waals surface area contributed by atoms with Crippen LogP contribution in [0.25, 0.3) is 0 Å². The van der Waals surface area contributed by atoms with Crippen molar-refractivity contribution in [3.63, 3.8) is 0 Å². The summed E-state index contributed by atoms with van der Waals surface area (Å²) < 4.78 is 11.4. The summed E-state index contributed by atoms with van der Waals surface area (Å²) in [6.45, 7) is 7.29. The molecule has 1 aliphatic carbocycles. The Morgan fingerprint density at radius 2 is 2.21 bits per heavy atom. The van der Waals surface area contributed by atoms with Crippen LogP contribution in [0.4, 0.5) is 0 Å². The summed E-state index contributed by atoms with van der Waals surface area (Å²) >= 11 is 0. The SMILES string of the molecule is CC1(C)CCCN(C2=CCCC2Oc2ccc3c(c2)COC3=O)C1. The van der Waals surface area contributed by atoms with Gasteiger partial charge in [0.25, 0.3) is 0 Å². The molecule has 4 rings (SSSR count). The van der Waals surface area contributed by atoms with Crippen molar-refractivity contribution in [2.75, 3.05) is 13.1 Å². The van der Waals surface area contributed by atoms with Gasteiger partial charge in [-0.05, 0) is 49.3 Å². The first-order valence-corrected chi connectivity index (χ1v) is 8.94. The third-order valence-electron chi connectivity index (χ3n) is 5.31. The van der Waals surface area contributed by atoms with Crippen LogP contribution in [0.1, 0.15) is 55.5 Å². The van der Waals surface area contributed by atoms with Crippen LogP contribution in [0.3, 0.4) is 0 Å². The minimum absolute atomic E-state index is 0.120. The van der Waals surface area contributed by atoms with Gasteiger partial charge in [0, 0.05) is 18.7 Å². The Morgan fingerprint density at radius 3 is 3.04 bits per heavy atom. The van der Waals surface area contributed by atoms with Crippen molar-refractivity contribution in [3.8, 4) is 5.75 Å². The second-order valence-corrected chi connectivity index (χ2v) is 7.90.